The van der Waals surface area contributed by atoms with E-state index in [1.165, 1.54) is 44.6 Å². The molecule has 0 amide bonds. The van der Waals surface area contributed by atoms with Gasteiger partial charge in [0.05, 0.1) is 18.7 Å². The standard InChI is InChI=1S/C20H16ClFO6/c1-25-10-18(20(24)26-2)27-12-4-6-14-15(9-19(23)28-17(14)8-12)13-5-3-11(22)7-16(13)21/h3-9,18H,10H2,1-2H3. The molecular weight excluding hydrogens is 391 g/mol. The Hall–Kier alpha value is -2.90. The molecule has 0 fully saturated rings. The minimum Gasteiger partial charge on any atom is -0.476 e. The highest BCUT2D eigenvalue weighted by atomic mass is 35.5. The summed E-state index contributed by atoms with van der Waals surface area (Å²) < 4.78 is 33.9. The average Bonchev–Trinajstić information content (AvgIpc) is 2.66. The van der Waals surface area contributed by atoms with Gasteiger partial charge < -0.3 is 18.6 Å². The molecule has 0 aliphatic heterocycles. The van der Waals surface area contributed by atoms with E-state index >= 15 is 0 Å². The molecule has 1 atom stereocenters. The molecule has 1 heterocycles. The van der Waals surface area contributed by atoms with Crippen LogP contribution in [0.4, 0.5) is 4.39 Å². The van der Waals surface area contributed by atoms with Crippen LogP contribution in [-0.4, -0.2) is 32.9 Å². The molecule has 1 unspecified atom stereocenters. The largest absolute Gasteiger partial charge is 0.476 e. The van der Waals surface area contributed by atoms with Gasteiger partial charge >= 0.3 is 11.6 Å². The Bertz CT molecular complexity index is 1080. The second-order valence-corrected chi connectivity index (χ2v) is 6.25. The lowest BCUT2D eigenvalue weighted by atomic mass is 10.0. The van der Waals surface area contributed by atoms with Crippen LogP contribution in [0.25, 0.3) is 22.1 Å². The molecule has 0 aliphatic rings. The highest BCUT2D eigenvalue weighted by Crippen LogP contribution is 2.34. The highest BCUT2D eigenvalue weighted by molar-refractivity contribution is 6.33. The zero-order valence-electron chi connectivity index (χ0n) is 15.0. The van der Waals surface area contributed by atoms with Crippen LogP contribution in [0.3, 0.4) is 0 Å². The number of rotatable bonds is 6. The summed E-state index contributed by atoms with van der Waals surface area (Å²) in [5, 5.41) is 0.736. The van der Waals surface area contributed by atoms with E-state index in [0.717, 1.165) is 0 Å². The van der Waals surface area contributed by atoms with E-state index in [9.17, 15) is 14.0 Å². The van der Waals surface area contributed by atoms with Crippen LogP contribution in [0.5, 0.6) is 5.75 Å². The zero-order chi connectivity index (χ0) is 20.3. The van der Waals surface area contributed by atoms with E-state index in [2.05, 4.69) is 4.74 Å². The van der Waals surface area contributed by atoms with Crippen LogP contribution in [0, 0.1) is 5.82 Å². The molecule has 6 nitrogen and oxygen atoms in total. The third-order valence-corrected chi connectivity index (χ3v) is 4.31. The number of carbonyl (C=O) groups is 1. The monoisotopic (exact) mass is 406 g/mol. The number of methoxy groups -OCH3 is 2. The van der Waals surface area contributed by atoms with Gasteiger partial charge in [-0.25, -0.2) is 14.0 Å². The summed E-state index contributed by atoms with van der Waals surface area (Å²) in [6, 6.07) is 9.93. The van der Waals surface area contributed by atoms with Gasteiger partial charge in [-0.3, -0.25) is 0 Å². The van der Waals surface area contributed by atoms with Gasteiger partial charge in [0.15, 0.2) is 0 Å². The van der Waals surface area contributed by atoms with Gasteiger partial charge in [-0.2, -0.15) is 0 Å². The van der Waals surface area contributed by atoms with Crippen molar-refractivity contribution in [3.8, 4) is 16.9 Å². The van der Waals surface area contributed by atoms with Crippen molar-refractivity contribution in [1.29, 1.82) is 0 Å². The fourth-order valence-electron chi connectivity index (χ4n) is 2.74. The van der Waals surface area contributed by atoms with Crippen LogP contribution in [0.1, 0.15) is 0 Å². The summed E-state index contributed by atoms with van der Waals surface area (Å²) in [6.45, 7) is -0.0140. The van der Waals surface area contributed by atoms with Crippen LogP contribution in [0.2, 0.25) is 5.02 Å². The predicted molar refractivity (Wildman–Crippen MR) is 101 cm³/mol. The maximum Gasteiger partial charge on any atom is 0.349 e. The van der Waals surface area contributed by atoms with Crippen LogP contribution in [-0.2, 0) is 14.3 Å². The average molecular weight is 407 g/mol. The molecule has 3 rings (SSSR count). The first-order chi connectivity index (χ1) is 13.4. The molecule has 0 radical (unpaired) electrons. The molecule has 0 saturated carbocycles. The zero-order valence-corrected chi connectivity index (χ0v) is 15.8. The lowest BCUT2D eigenvalue weighted by Crippen LogP contribution is -2.32. The Morgan fingerprint density at radius 2 is 1.93 bits per heavy atom. The Morgan fingerprint density at radius 3 is 2.61 bits per heavy atom. The fourth-order valence-corrected chi connectivity index (χ4v) is 3.01. The summed E-state index contributed by atoms with van der Waals surface area (Å²) >= 11 is 6.14. The van der Waals surface area contributed by atoms with Gasteiger partial charge in [-0.15, -0.1) is 0 Å². The molecule has 0 N–H and O–H groups in total. The van der Waals surface area contributed by atoms with Gasteiger partial charge in [-0.05, 0) is 30.3 Å². The first-order valence-corrected chi connectivity index (χ1v) is 8.57. The minimum atomic E-state index is -0.978. The van der Waals surface area contributed by atoms with Gasteiger partial charge in [-0.1, -0.05) is 11.6 Å². The molecule has 3 aromatic rings. The molecule has 0 aliphatic carbocycles. The van der Waals surface area contributed by atoms with Crippen LogP contribution in [0.15, 0.2) is 51.7 Å². The molecule has 28 heavy (non-hydrogen) atoms. The van der Waals surface area contributed by atoms with E-state index in [1.54, 1.807) is 12.1 Å². The summed E-state index contributed by atoms with van der Waals surface area (Å²) in [5.74, 6) is -0.801. The molecule has 2 aromatic carbocycles. The Labute approximate surface area is 164 Å². The first kappa shape index (κ1) is 19.9. The van der Waals surface area contributed by atoms with Gasteiger partial charge in [0.25, 0.3) is 0 Å². The van der Waals surface area contributed by atoms with Gasteiger partial charge in [0, 0.05) is 35.8 Å². The molecule has 0 saturated heterocycles. The van der Waals surface area contributed by atoms with Gasteiger partial charge in [0.1, 0.15) is 17.1 Å². The Kier molecular flexibility index (Phi) is 5.96. The second kappa shape index (κ2) is 8.41. The normalized spacial score (nSPS) is 12.0. The van der Waals surface area contributed by atoms with Crippen molar-refractivity contribution >= 4 is 28.5 Å². The summed E-state index contributed by atoms with van der Waals surface area (Å²) in [7, 11) is 2.67. The third kappa shape index (κ3) is 4.16. The van der Waals surface area contributed by atoms with Crippen molar-refractivity contribution in [2.24, 2.45) is 0 Å². The lowest BCUT2D eigenvalue weighted by molar-refractivity contribution is -0.151. The smallest absolute Gasteiger partial charge is 0.349 e. The molecule has 0 bridgehead atoms. The SMILES string of the molecule is COCC(Oc1ccc2c(-c3ccc(F)cc3Cl)cc(=O)oc2c1)C(=O)OC. The number of esters is 1. The van der Waals surface area contributed by atoms with Crippen molar-refractivity contribution < 1.29 is 27.8 Å². The van der Waals surface area contributed by atoms with E-state index < -0.39 is 23.5 Å². The lowest BCUT2D eigenvalue weighted by Gasteiger charge is -2.16. The van der Waals surface area contributed by atoms with Crippen LogP contribution >= 0.6 is 11.6 Å². The number of halogens is 2. The number of fused-ring (bicyclic) bond motifs is 1. The van der Waals surface area contributed by atoms with Gasteiger partial charge in [0.2, 0.25) is 6.10 Å². The topological polar surface area (TPSA) is 75.0 Å². The minimum absolute atomic E-state index is 0.0140. The highest BCUT2D eigenvalue weighted by Gasteiger charge is 2.22. The van der Waals surface area contributed by atoms with E-state index in [-0.39, 0.29) is 23.0 Å². The second-order valence-electron chi connectivity index (χ2n) is 5.85. The van der Waals surface area contributed by atoms with Crippen molar-refractivity contribution in [2.75, 3.05) is 20.8 Å². The van der Waals surface area contributed by atoms with Crippen molar-refractivity contribution in [1.82, 2.24) is 0 Å². The number of ether oxygens (including phenoxy) is 3. The van der Waals surface area contributed by atoms with Crippen molar-refractivity contribution in [3.05, 3.63) is 63.7 Å². The summed E-state index contributed by atoms with van der Waals surface area (Å²) in [5.41, 5.74) is 0.591. The first-order valence-electron chi connectivity index (χ1n) is 8.19. The number of benzene rings is 2. The summed E-state index contributed by atoms with van der Waals surface area (Å²) in [6.07, 6.45) is -0.978. The molecule has 0 spiro atoms. The van der Waals surface area contributed by atoms with E-state index in [4.69, 9.17) is 25.5 Å². The molecular formula is C20H16ClFO6. The van der Waals surface area contributed by atoms with E-state index in [0.29, 0.717) is 16.5 Å². The summed E-state index contributed by atoms with van der Waals surface area (Å²) in [4.78, 5) is 23.8. The van der Waals surface area contributed by atoms with Crippen LogP contribution < -0.4 is 10.4 Å². The number of hydrogen-bond acceptors (Lipinski definition) is 6. The molecule has 146 valence electrons. The molecule has 1 aromatic heterocycles. The van der Waals surface area contributed by atoms with Crippen molar-refractivity contribution in [3.63, 3.8) is 0 Å². The fraction of sp³-hybridized carbons (Fsp3) is 0.200. The number of hydrogen-bond donors (Lipinski definition) is 0. The quantitative estimate of drug-likeness (QED) is 0.457. The molecule has 8 heteroatoms. The maximum atomic E-state index is 13.4. The van der Waals surface area contributed by atoms with E-state index in [1.807, 2.05) is 0 Å². The Morgan fingerprint density at radius 1 is 1.14 bits per heavy atom. The Balaban J connectivity index is 2.06. The third-order valence-electron chi connectivity index (χ3n) is 4.00. The van der Waals surface area contributed by atoms with Crippen molar-refractivity contribution in [2.45, 2.75) is 6.10 Å². The predicted octanol–water partition coefficient (Wildman–Crippen LogP) is 3.82. The number of carbonyl (C=O) groups excluding carboxylic acids is 1. The maximum absolute atomic E-state index is 13.4.